The maximum Gasteiger partial charge on any atom is 0.258 e. The van der Waals surface area contributed by atoms with E-state index in [4.69, 9.17) is 0 Å². The number of thioether (sulfide) groups is 1. The molecule has 0 spiro atoms. The molecule has 1 aromatic heterocycles. The van der Waals surface area contributed by atoms with Crippen LogP contribution in [0.5, 0.6) is 5.88 Å². The fraction of sp³-hybridized carbons (Fsp3) is 0.765. The summed E-state index contributed by atoms with van der Waals surface area (Å²) >= 11 is 1.50. The van der Waals surface area contributed by atoms with Crippen molar-refractivity contribution < 1.29 is 17.5 Å². The highest BCUT2D eigenvalue weighted by atomic mass is 35.5. The standard InChI is InChI=1S/C17H31N3O2S.ClH/c1-4-7-8-9-14-15(21)18-17(19-16(14)22)23-13-12-20(10-5-2)11-6-3;/h4-13H2,1-3H3,(H2,18,19,21,22);1H/p-1. The zero-order valence-electron chi connectivity index (χ0n) is 15.1. The Morgan fingerprint density at radius 2 is 1.75 bits per heavy atom. The molecule has 0 aliphatic carbocycles. The number of aromatic amines is 1. The van der Waals surface area contributed by atoms with Gasteiger partial charge in [0.25, 0.3) is 5.56 Å². The third-order valence-electron chi connectivity index (χ3n) is 3.73. The molecule has 0 aliphatic heterocycles. The summed E-state index contributed by atoms with van der Waals surface area (Å²) in [6.45, 7) is 9.64. The van der Waals surface area contributed by atoms with Gasteiger partial charge in [-0.1, -0.05) is 45.4 Å². The van der Waals surface area contributed by atoms with E-state index in [0.717, 1.165) is 57.5 Å². The average Bonchev–Trinajstić information content (AvgIpc) is 2.50. The molecule has 0 fully saturated rings. The second-order valence-electron chi connectivity index (χ2n) is 5.82. The van der Waals surface area contributed by atoms with Crippen LogP contribution in [-0.2, 0) is 6.42 Å². The molecule has 2 N–H and O–H groups in total. The molecule has 0 unspecified atom stereocenters. The molecule has 140 valence electrons. The third-order valence-corrected chi connectivity index (χ3v) is 4.58. The van der Waals surface area contributed by atoms with Crippen molar-refractivity contribution in [1.82, 2.24) is 14.9 Å². The fourth-order valence-electron chi connectivity index (χ4n) is 2.55. The highest BCUT2D eigenvalue weighted by molar-refractivity contribution is 7.99. The van der Waals surface area contributed by atoms with Crippen LogP contribution < -0.4 is 18.0 Å². The van der Waals surface area contributed by atoms with Gasteiger partial charge in [-0.15, -0.1) is 0 Å². The topological polar surface area (TPSA) is 69.2 Å². The van der Waals surface area contributed by atoms with Crippen LogP contribution in [0.1, 0.15) is 58.4 Å². The van der Waals surface area contributed by atoms with E-state index < -0.39 is 0 Å². The molecule has 0 aromatic carbocycles. The van der Waals surface area contributed by atoms with Crippen molar-refractivity contribution in [3.8, 4) is 5.88 Å². The number of rotatable bonds is 12. The van der Waals surface area contributed by atoms with E-state index >= 15 is 0 Å². The Morgan fingerprint density at radius 1 is 1.08 bits per heavy atom. The van der Waals surface area contributed by atoms with E-state index in [0.29, 0.717) is 17.1 Å². The van der Waals surface area contributed by atoms with Crippen LogP contribution in [-0.4, -0.2) is 45.4 Å². The summed E-state index contributed by atoms with van der Waals surface area (Å²) in [4.78, 5) is 21.4. The highest BCUT2D eigenvalue weighted by Gasteiger charge is 2.11. The number of aromatic nitrogens is 2. The van der Waals surface area contributed by atoms with Crippen LogP contribution in [0.3, 0.4) is 0 Å². The van der Waals surface area contributed by atoms with E-state index in [1.165, 1.54) is 11.8 Å². The summed E-state index contributed by atoms with van der Waals surface area (Å²) in [5.74, 6) is 0.753. The SMILES string of the molecule is CCCCCc1c(O)nc(SCCN(CCC)CCC)[nH]c1=O.[Cl-]. The molecule has 5 nitrogen and oxygen atoms in total. The first-order valence-corrected chi connectivity index (χ1v) is 9.78. The van der Waals surface area contributed by atoms with Crippen LogP contribution in [0.25, 0.3) is 0 Å². The molecule has 0 radical (unpaired) electrons. The Kier molecular flexibility index (Phi) is 13.2. The Labute approximate surface area is 156 Å². The van der Waals surface area contributed by atoms with Gasteiger partial charge in [0, 0.05) is 12.3 Å². The van der Waals surface area contributed by atoms with Crippen LogP contribution >= 0.6 is 11.8 Å². The third kappa shape index (κ3) is 8.40. The maximum absolute atomic E-state index is 12.1. The first-order valence-electron chi connectivity index (χ1n) is 8.79. The second-order valence-corrected chi connectivity index (χ2v) is 6.90. The number of unbranched alkanes of at least 4 members (excludes halogenated alkanes) is 2. The van der Waals surface area contributed by atoms with Gasteiger partial charge >= 0.3 is 0 Å². The van der Waals surface area contributed by atoms with Gasteiger partial charge in [0.15, 0.2) is 5.16 Å². The van der Waals surface area contributed by atoms with Crippen molar-refractivity contribution in [2.45, 2.75) is 64.5 Å². The number of aromatic hydroxyl groups is 1. The Morgan fingerprint density at radius 3 is 2.29 bits per heavy atom. The molecular weight excluding hydrogens is 346 g/mol. The molecule has 0 aliphatic rings. The summed E-state index contributed by atoms with van der Waals surface area (Å²) < 4.78 is 0. The van der Waals surface area contributed by atoms with Crippen molar-refractivity contribution in [2.24, 2.45) is 0 Å². The van der Waals surface area contributed by atoms with E-state index in [1.54, 1.807) is 0 Å². The fourth-order valence-corrected chi connectivity index (χ4v) is 3.41. The van der Waals surface area contributed by atoms with Crippen molar-refractivity contribution >= 4 is 11.8 Å². The minimum absolute atomic E-state index is 0. The van der Waals surface area contributed by atoms with Gasteiger partial charge in [-0.25, -0.2) is 0 Å². The zero-order chi connectivity index (χ0) is 17.1. The Hall–Kier alpha value is -0.720. The molecule has 0 amide bonds. The zero-order valence-corrected chi connectivity index (χ0v) is 16.7. The molecule has 1 heterocycles. The largest absolute Gasteiger partial charge is 1.00 e. The average molecular weight is 377 g/mol. The van der Waals surface area contributed by atoms with Crippen LogP contribution in [0.4, 0.5) is 0 Å². The summed E-state index contributed by atoms with van der Waals surface area (Å²) in [7, 11) is 0. The van der Waals surface area contributed by atoms with Crippen LogP contribution in [0.2, 0.25) is 0 Å². The Balaban J connectivity index is 0.00000529. The summed E-state index contributed by atoms with van der Waals surface area (Å²) in [5.41, 5.74) is 0.219. The highest BCUT2D eigenvalue weighted by Crippen LogP contribution is 2.18. The number of H-pyrrole nitrogens is 1. The lowest BCUT2D eigenvalue weighted by Crippen LogP contribution is -3.00. The smallest absolute Gasteiger partial charge is 0.258 e. The van der Waals surface area contributed by atoms with Gasteiger partial charge in [-0.05, 0) is 38.8 Å². The van der Waals surface area contributed by atoms with Gasteiger partial charge in [0.1, 0.15) is 0 Å². The summed E-state index contributed by atoms with van der Waals surface area (Å²) in [6, 6.07) is 0. The monoisotopic (exact) mass is 376 g/mol. The summed E-state index contributed by atoms with van der Waals surface area (Å²) in [5, 5.41) is 10.5. The molecule has 0 saturated carbocycles. The van der Waals surface area contributed by atoms with Gasteiger partial charge in [0.05, 0.1) is 5.56 Å². The van der Waals surface area contributed by atoms with E-state index in [2.05, 4.69) is 35.6 Å². The molecule has 1 aromatic rings. The Bertz CT molecular complexity index is 505. The van der Waals surface area contributed by atoms with Crippen molar-refractivity contribution in [2.75, 3.05) is 25.4 Å². The predicted octanol–water partition coefficient (Wildman–Crippen LogP) is 0.426. The maximum atomic E-state index is 12.1. The lowest BCUT2D eigenvalue weighted by Gasteiger charge is -2.20. The minimum atomic E-state index is -0.199. The van der Waals surface area contributed by atoms with Gasteiger partial charge in [0.2, 0.25) is 5.88 Å². The van der Waals surface area contributed by atoms with Gasteiger partial charge < -0.3 is 27.4 Å². The molecular formula is C17H31ClN3O2S-. The molecule has 0 atom stereocenters. The predicted molar refractivity (Wildman–Crippen MR) is 97.5 cm³/mol. The second kappa shape index (κ2) is 13.6. The number of halogens is 1. The van der Waals surface area contributed by atoms with E-state index in [-0.39, 0.29) is 23.8 Å². The normalized spacial score (nSPS) is 10.8. The molecule has 1 rings (SSSR count). The number of nitrogens with one attached hydrogen (secondary N) is 1. The number of hydrogen-bond donors (Lipinski definition) is 2. The quantitative estimate of drug-likeness (QED) is 0.314. The van der Waals surface area contributed by atoms with Crippen molar-refractivity contribution in [3.05, 3.63) is 15.9 Å². The van der Waals surface area contributed by atoms with Crippen LogP contribution in [0, 0.1) is 0 Å². The number of hydrogen-bond acceptors (Lipinski definition) is 5. The van der Waals surface area contributed by atoms with Crippen molar-refractivity contribution in [1.29, 1.82) is 0 Å². The molecule has 0 bridgehead atoms. The molecule has 24 heavy (non-hydrogen) atoms. The van der Waals surface area contributed by atoms with Gasteiger partial charge in [-0.2, -0.15) is 4.98 Å². The minimum Gasteiger partial charge on any atom is -1.00 e. The van der Waals surface area contributed by atoms with Crippen molar-refractivity contribution in [3.63, 3.8) is 0 Å². The number of nitrogens with zero attached hydrogens (tertiary/aromatic N) is 2. The lowest BCUT2D eigenvalue weighted by molar-refractivity contribution is -0.00000631. The van der Waals surface area contributed by atoms with E-state index in [1.807, 2.05) is 0 Å². The first kappa shape index (κ1) is 23.3. The van der Waals surface area contributed by atoms with E-state index in [9.17, 15) is 9.90 Å². The van der Waals surface area contributed by atoms with Gasteiger partial charge in [-0.3, -0.25) is 4.79 Å². The lowest BCUT2D eigenvalue weighted by atomic mass is 10.1. The van der Waals surface area contributed by atoms with Crippen LogP contribution in [0.15, 0.2) is 9.95 Å². The molecule has 0 saturated heterocycles. The first-order chi connectivity index (χ1) is 11.1. The molecule has 7 heteroatoms. The summed E-state index contributed by atoms with van der Waals surface area (Å²) in [6.07, 6.45) is 5.93.